The Bertz CT molecular complexity index is 1830. The molecule has 0 radical (unpaired) electrons. The summed E-state index contributed by atoms with van der Waals surface area (Å²) in [6.45, 7) is 13.7. The number of rotatable bonds is 11. The molecule has 16 nitrogen and oxygen atoms in total. The molecule has 2 unspecified atom stereocenters. The molecule has 0 spiro atoms. The third-order valence-corrected chi connectivity index (χ3v) is 10.9. The van der Waals surface area contributed by atoms with Crippen LogP contribution in [0.1, 0.15) is 67.2 Å². The molecule has 2 saturated carbocycles. The quantitative estimate of drug-likeness (QED) is 0.248. The number of carbonyl (C=O) groups excluding carboxylic acids is 5. The van der Waals surface area contributed by atoms with Crippen molar-refractivity contribution in [2.24, 2.45) is 11.3 Å². The monoisotopic (exact) mass is 741 g/mol. The van der Waals surface area contributed by atoms with Crippen molar-refractivity contribution in [2.45, 2.75) is 102 Å². The Morgan fingerprint density at radius 2 is 1.73 bits per heavy atom. The lowest BCUT2D eigenvalue weighted by atomic mass is 9.85. The highest BCUT2D eigenvalue weighted by Gasteiger charge is 2.62. The molecular formula is C35H47N7O9S. The minimum absolute atomic E-state index is 0.0950. The van der Waals surface area contributed by atoms with Gasteiger partial charge in [-0.2, -0.15) is 5.10 Å². The van der Waals surface area contributed by atoms with Crippen molar-refractivity contribution >= 4 is 45.6 Å². The average molecular weight is 742 g/mol. The number of hydrogen-bond donors (Lipinski definition) is 4. The fraction of sp³-hybridized carbons (Fsp3) is 0.543. The zero-order valence-corrected chi connectivity index (χ0v) is 31.0. The van der Waals surface area contributed by atoms with E-state index >= 15 is 0 Å². The largest absolute Gasteiger partial charge is 0.444 e. The van der Waals surface area contributed by atoms with Crippen LogP contribution in [0.15, 0.2) is 55.4 Å². The molecule has 2 aliphatic carbocycles. The maximum atomic E-state index is 14.3. The zero-order valence-electron chi connectivity index (χ0n) is 30.2. The van der Waals surface area contributed by atoms with Crippen molar-refractivity contribution in [3.63, 3.8) is 0 Å². The number of nitrogens with one attached hydrogen (secondary N) is 4. The number of carbonyl (C=O) groups is 5. The predicted molar refractivity (Wildman–Crippen MR) is 189 cm³/mol. The highest BCUT2D eigenvalue weighted by atomic mass is 32.2. The average Bonchev–Trinajstić information content (AvgIpc) is 3.91. The van der Waals surface area contributed by atoms with E-state index in [2.05, 4.69) is 32.4 Å². The molecule has 5 rings (SSSR count). The molecule has 282 valence electrons. The van der Waals surface area contributed by atoms with E-state index in [4.69, 9.17) is 9.47 Å². The number of amides is 5. The number of para-hydroxylation sites is 2. The summed E-state index contributed by atoms with van der Waals surface area (Å²) in [6.07, 6.45) is 2.86. The van der Waals surface area contributed by atoms with Crippen LogP contribution in [-0.4, -0.2) is 94.1 Å². The van der Waals surface area contributed by atoms with E-state index in [1.807, 2.05) is 0 Å². The van der Waals surface area contributed by atoms with Gasteiger partial charge in [-0.1, -0.05) is 39.0 Å². The van der Waals surface area contributed by atoms with Gasteiger partial charge in [-0.3, -0.25) is 24.4 Å². The topological polar surface area (TPSA) is 207 Å². The van der Waals surface area contributed by atoms with Crippen LogP contribution in [0.5, 0.6) is 0 Å². The molecule has 4 N–H and O–H groups in total. The molecule has 17 heteroatoms. The second-order valence-corrected chi connectivity index (χ2v) is 17.5. The standard InChI is InChI=1S/C35H47N7O9S/c1-8-21-19-35(21,30(45)40-52(48,49)23-14-15-23)39-28(43)26-18-22(50-31(46)37-24-12-9-10-13-25(24)42-17-11-16-36-42)20-41(26)29(44)27(33(2,3)4)38-32(47)51-34(5,6)7/h8-13,16-17,21-23,26-27H,1,14-15,18-20H2,2-7H3,(H,37,46)(H,38,47)(H,39,43)(H,40,45)/t21?,22-,26+,27-,35?/m1/s1. The van der Waals surface area contributed by atoms with E-state index in [9.17, 15) is 32.4 Å². The number of anilines is 1. The van der Waals surface area contributed by atoms with E-state index in [0.717, 1.165) is 0 Å². The molecule has 5 amide bonds. The van der Waals surface area contributed by atoms with Gasteiger partial charge >= 0.3 is 12.2 Å². The van der Waals surface area contributed by atoms with Gasteiger partial charge in [-0.15, -0.1) is 6.58 Å². The van der Waals surface area contributed by atoms with Crippen LogP contribution in [0.2, 0.25) is 0 Å². The minimum Gasteiger partial charge on any atom is -0.444 e. The lowest BCUT2D eigenvalue weighted by Gasteiger charge is -2.36. The van der Waals surface area contributed by atoms with E-state index in [1.165, 1.54) is 11.0 Å². The van der Waals surface area contributed by atoms with Crippen LogP contribution in [-0.2, 0) is 33.9 Å². The highest BCUT2D eigenvalue weighted by Crippen LogP contribution is 2.45. The fourth-order valence-electron chi connectivity index (χ4n) is 6.12. The molecule has 1 aromatic carbocycles. The zero-order chi connectivity index (χ0) is 38.2. The van der Waals surface area contributed by atoms with Gasteiger partial charge in [0.2, 0.25) is 21.8 Å². The number of sulfonamides is 1. The van der Waals surface area contributed by atoms with Crippen molar-refractivity contribution in [1.82, 2.24) is 30.0 Å². The fourth-order valence-corrected chi connectivity index (χ4v) is 7.48. The van der Waals surface area contributed by atoms with Gasteiger partial charge in [0.1, 0.15) is 29.3 Å². The lowest BCUT2D eigenvalue weighted by Crippen LogP contribution is -2.60. The first kappa shape index (κ1) is 38.3. The molecule has 2 aromatic rings. The van der Waals surface area contributed by atoms with Crippen LogP contribution in [0.4, 0.5) is 15.3 Å². The third kappa shape index (κ3) is 8.74. The van der Waals surface area contributed by atoms with Crippen LogP contribution < -0.4 is 20.7 Å². The first-order valence-corrected chi connectivity index (χ1v) is 18.7. The maximum absolute atomic E-state index is 14.3. The number of nitrogens with zero attached hydrogens (tertiary/aromatic N) is 3. The van der Waals surface area contributed by atoms with Gasteiger partial charge in [-0.25, -0.2) is 22.7 Å². The summed E-state index contributed by atoms with van der Waals surface area (Å²) in [6, 6.07) is 6.18. The number of aromatic nitrogens is 2. The molecule has 1 saturated heterocycles. The van der Waals surface area contributed by atoms with Crippen LogP contribution >= 0.6 is 0 Å². The summed E-state index contributed by atoms with van der Waals surface area (Å²) in [5, 5.41) is 11.6. The number of alkyl carbamates (subject to hydrolysis) is 1. The predicted octanol–water partition coefficient (Wildman–Crippen LogP) is 3.00. The van der Waals surface area contributed by atoms with Crippen molar-refractivity contribution in [3.05, 3.63) is 55.4 Å². The molecule has 0 bridgehead atoms. The van der Waals surface area contributed by atoms with E-state index < -0.39 is 85.8 Å². The van der Waals surface area contributed by atoms with Gasteiger partial charge in [-0.05, 0) is 63.6 Å². The first-order valence-electron chi connectivity index (χ1n) is 17.1. The van der Waals surface area contributed by atoms with E-state index in [1.54, 1.807) is 88.9 Å². The molecular weight excluding hydrogens is 694 g/mol. The van der Waals surface area contributed by atoms with Gasteiger partial charge < -0.3 is 25.0 Å². The second-order valence-electron chi connectivity index (χ2n) is 15.5. The Hall–Kier alpha value is -4.93. The Kier molecular flexibility index (Phi) is 10.5. The molecule has 3 aliphatic rings. The van der Waals surface area contributed by atoms with E-state index in [-0.39, 0.29) is 19.4 Å². The smallest absolute Gasteiger partial charge is 0.412 e. The summed E-state index contributed by atoms with van der Waals surface area (Å²) in [5.41, 5.74) is -2.38. The van der Waals surface area contributed by atoms with Crippen LogP contribution in [0.25, 0.3) is 5.69 Å². The molecule has 52 heavy (non-hydrogen) atoms. The molecule has 3 fully saturated rings. The second kappa shape index (κ2) is 14.2. The minimum atomic E-state index is -3.93. The van der Waals surface area contributed by atoms with Crippen molar-refractivity contribution in [3.8, 4) is 5.69 Å². The van der Waals surface area contributed by atoms with E-state index in [0.29, 0.717) is 24.2 Å². The number of benzene rings is 1. The summed E-state index contributed by atoms with van der Waals surface area (Å²) in [7, 11) is -3.93. The molecule has 2 heterocycles. The Morgan fingerprint density at radius 3 is 2.31 bits per heavy atom. The normalized spacial score (nSPS) is 23.5. The SMILES string of the molecule is C=CC1CC1(NC(=O)[C@@H]1C[C@@H](OC(=O)Nc2ccccc2-n2cccn2)CN1C(=O)[C@@H](NC(=O)OC(C)(C)C)C(C)(C)C)C(=O)NS(=O)(=O)C1CC1. The lowest BCUT2D eigenvalue weighted by molar-refractivity contribution is -0.143. The van der Waals surface area contributed by atoms with Gasteiger partial charge in [0.25, 0.3) is 5.91 Å². The van der Waals surface area contributed by atoms with Crippen molar-refractivity contribution in [2.75, 3.05) is 11.9 Å². The maximum Gasteiger partial charge on any atom is 0.412 e. The summed E-state index contributed by atoms with van der Waals surface area (Å²) >= 11 is 0. The molecule has 5 atom stereocenters. The number of likely N-dealkylation sites (tertiary alicyclic amines) is 1. The van der Waals surface area contributed by atoms with Gasteiger partial charge in [0.15, 0.2) is 0 Å². The van der Waals surface area contributed by atoms with Crippen molar-refractivity contribution < 1.29 is 41.9 Å². The summed E-state index contributed by atoms with van der Waals surface area (Å²) in [4.78, 5) is 69.2. The van der Waals surface area contributed by atoms with Crippen molar-refractivity contribution in [1.29, 1.82) is 0 Å². The highest BCUT2D eigenvalue weighted by molar-refractivity contribution is 7.91. The molecule has 1 aromatic heterocycles. The number of ether oxygens (including phenoxy) is 2. The van der Waals surface area contributed by atoms with Crippen LogP contribution in [0, 0.1) is 11.3 Å². The first-order chi connectivity index (χ1) is 24.2. The number of hydrogen-bond acceptors (Lipinski definition) is 10. The Balaban J connectivity index is 1.39. The van der Waals surface area contributed by atoms with Gasteiger partial charge in [0.05, 0.1) is 23.2 Å². The summed E-state index contributed by atoms with van der Waals surface area (Å²) in [5.74, 6) is -2.88. The third-order valence-electron chi connectivity index (χ3n) is 9.04. The van der Waals surface area contributed by atoms with Crippen LogP contribution in [0.3, 0.4) is 0 Å². The Morgan fingerprint density at radius 1 is 1.04 bits per heavy atom. The Labute approximate surface area is 303 Å². The van der Waals surface area contributed by atoms with Gasteiger partial charge in [0, 0.05) is 24.7 Å². The molecule has 1 aliphatic heterocycles. The summed E-state index contributed by atoms with van der Waals surface area (Å²) < 4.78 is 40.1.